The number of ether oxygens (including phenoxy) is 1. The molecule has 116 valence electrons. The van der Waals surface area contributed by atoms with Crippen molar-refractivity contribution in [3.05, 3.63) is 12.4 Å². The molecule has 0 spiro atoms. The number of aromatic nitrogens is 2. The van der Waals surface area contributed by atoms with Crippen LogP contribution in [0.15, 0.2) is 12.4 Å². The summed E-state index contributed by atoms with van der Waals surface area (Å²) >= 11 is 0. The zero-order valence-corrected chi connectivity index (χ0v) is 13.1. The van der Waals surface area contributed by atoms with Crippen LogP contribution in [0.4, 0.5) is 5.82 Å². The molecule has 21 heavy (non-hydrogen) atoms. The van der Waals surface area contributed by atoms with Crippen molar-refractivity contribution in [3.63, 3.8) is 0 Å². The fourth-order valence-corrected chi connectivity index (χ4v) is 4.51. The van der Waals surface area contributed by atoms with E-state index in [-0.39, 0.29) is 11.3 Å². The molecule has 0 unspecified atom stereocenters. The molecule has 1 aromatic rings. The summed E-state index contributed by atoms with van der Waals surface area (Å²) < 4.78 is 31.4. The number of anilines is 1. The molecule has 1 atom stereocenters. The lowest BCUT2D eigenvalue weighted by molar-refractivity contribution is 0.386. The van der Waals surface area contributed by atoms with Gasteiger partial charge in [-0.2, -0.15) is 4.31 Å². The Labute approximate surface area is 125 Å². The molecule has 0 bridgehead atoms. The SMILES string of the molecule is COc1nccnc1N1CC[C@@H](N(C)S(=O)(=O)C2CC2)C1. The average Bonchev–Trinajstić information content (AvgIpc) is 3.25. The van der Waals surface area contributed by atoms with Gasteiger partial charge in [0.05, 0.1) is 12.4 Å². The summed E-state index contributed by atoms with van der Waals surface area (Å²) in [6, 6.07) is -0.0117. The number of hydrogen-bond acceptors (Lipinski definition) is 6. The minimum Gasteiger partial charge on any atom is -0.478 e. The van der Waals surface area contributed by atoms with Crippen LogP contribution >= 0.6 is 0 Å². The molecule has 1 saturated carbocycles. The van der Waals surface area contributed by atoms with Gasteiger partial charge in [0.1, 0.15) is 0 Å². The first-order valence-corrected chi connectivity index (χ1v) is 8.61. The molecule has 1 aliphatic carbocycles. The summed E-state index contributed by atoms with van der Waals surface area (Å²) in [4.78, 5) is 10.5. The van der Waals surface area contributed by atoms with Gasteiger partial charge >= 0.3 is 0 Å². The predicted octanol–water partition coefficient (Wildman–Crippen LogP) is 0.488. The van der Waals surface area contributed by atoms with Crippen molar-refractivity contribution in [1.82, 2.24) is 14.3 Å². The first kappa shape index (κ1) is 14.5. The van der Waals surface area contributed by atoms with Gasteiger partial charge in [0.15, 0.2) is 5.82 Å². The van der Waals surface area contributed by atoms with E-state index in [1.54, 1.807) is 30.9 Å². The van der Waals surface area contributed by atoms with Crippen molar-refractivity contribution in [2.45, 2.75) is 30.6 Å². The van der Waals surface area contributed by atoms with Gasteiger partial charge in [-0.05, 0) is 19.3 Å². The van der Waals surface area contributed by atoms with E-state index in [1.165, 1.54) is 0 Å². The fourth-order valence-electron chi connectivity index (χ4n) is 2.72. The van der Waals surface area contributed by atoms with Crippen molar-refractivity contribution in [3.8, 4) is 5.88 Å². The molecule has 1 saturated heterocycles. The summed E-state index contributed by atoms with van der Waals surface area (Å²) in [5.74, 6) is 1.16. The lowest BCUT2D eigenvalue weighted by Crippen LogP contribution is -2.40. The molecular weight excluding hydrogens is 292 g/mol. The van der Waals surface area contributed by atoms with Gasteiger partial charge in [0, 0.05) is 38.6 Å². The van der Waals surface area contributed by atoms with Crippen LogP contribution in [0.25, 0.3) is 0 Å². The minimum absolute atomic E-state index is 0.0117. The van der Waals surface area contributed by atoms with Gasteiger partial charge < -0.3 is 9.64 Å². The van der Waals surface area contributed by atoms with E-state index in [0.717, 1.165) is 25.8 Å². The fraction of sp³-hybridized carbons (Fsp3) is 0.692. The second kappa shape index (κ2) is 5.42. The number of nitrogens with zero attached hydrogens (tertiary/aromatic N) is 4. The second-order valence-corrected chi connectivity index (χ2v) is 7.81. The van der Waals surface area contributed by atoms with Gasteiger partial charge in [0.25, 0.3) is 5.88 Å². The third kappa shape index (κ3) is 2.69. The third-order valence-electron chi connectivity index (χ3n) is 4.16. The topological polar surface area (TPSA) is 75.6 Å². The predicted molar refractivity (Wildman–Crippen MR) is 78.9 cm³/mol. The largest absolute Gasteiger partial charge is 0.478 e. The van der Waals surface area contributed by atoms with Crippen LogP contribution in [-0.2, 0) is 10.0 Å². The molecular formula is C13H20N4O3S. The number of likely N-dealkylation sites (N-methyl/N-ethyl adjacent to an activating group) is 1. The summed E-state index contributed by atoms with van der Waals surface area (Å²) in [5, 5.41) is -0.164. The average molecular weight is 312 g/mol. The Balaban J connectivity index is 1.73. The lowest BCUT2D eigenvalue weighted by atomic mass is 10.3. The maximum Gasteiger partial charge on any atom is 0.257 e. The normalized spacial score (nSPS) is 22.8. The maximum atomic E-state index is 12.3. The molecule has 0 radical (unpaired) electrons. The van der Waals surface area contributed by atoms with Crippen LogP contribution in [0, 0.1) is 0 Å². The van der Waals surface area contributed by atoms with Crippen molar-refractivity contribution < 1.29 is 13.2 Å². The molecule has 0 amide bonds. The van der Waals surface area contributed by atoms with E-state index >= 15 is 0 Å². The van der Waals surface area contributed by atoms with E-state index in [9.17, 15) is 8.42 Å². The Morgan fingerprint density at radius 2 is 2.00 bits per heavy atom. The molecule has 3 rings (SSSR count). The summed E-state index contributed by atoms with van der Waals surface area (Å²) in [7, 11) is 0.119. The number of hydrogen-bond donors (Lipinski definition) is 0. The van der Waals surface area contributed by atoms with Gasteiger partial charge in [-0.25, -0.2) is 18.4 Å². The van der Waals surface area contributed by atoms with Crippen molar-refractivity contribution in [1.29, 1.82) is 0 Å². The second-order valence-electron chi connectivity index (χ2n) is 5.54. The highest BCUT2D eigenvalue weighted by Crippen LogP contribution is 2.34. The number of rotatable bonds is 5. The van der Waals surface area contributed by atoms with Crippen LogP contribution in [-0.4, -0.2) is 61.2 Å². The monoisotopic (exact) mass is 312 g/mol. The lowest BCUT2D eigenvalue weighted by Gasteiger charge is -2.24. The van der Waals surface area contributed by atoms with E-state index in [0.29, 0.717) is 18.2 Å². The summed E-state index contributed by atoms with van der Waals surface area (Å²) in [6.45, 7) is 1.38. The zero-order chi connectivity index (χ0) is 15.0. The van der Waals surface area contributed by atoms with Crippen LogP contribution < -0.4 is 9.64 Å². The van der Waals surface area contributed by atoms with Gasteiger partial charge in [-0.15, -0.1) is 0 Å². The van der Waals surface area contributed by atoms with E-state index in [1.807, 2.05) is 4.90 Å². The molecule has 2 aliphatic rings. The molecule has 2 fully saturated rings. The molecule has 1 aliphatic heterocycles. The van der Waals surface area contributed by atoms with Gasteiger partial charge in [0.2, 0.25) is 10.0 Å². The van der Waals surface area contributed by atoms with E-state index < -0.39 is 10.0 Å². The highest BCUT2D eigenvalue weighted by atomic mass is 32.2. The molecule has 7 nitrogen and oxygen atoms in total. The van der Waals surface area contributed by atoms with Crippen molar-refractivity contribution in [2.24, 2.45) is 0 Å². The highest BCUT2D eigenvalue weighted by Gasteiger charge is 2.42. The maximum absolute atomic E-state index is 12.3. The van der Waals surface area contributed by atoms with Crippen LogP contribution in [0.1, 0.15) is 19.3 Å². The smallest absolute Gasteiger partial charge is 0.257 e. The standard InChI is InChI=1S/C13H20N4O3S/c1-16(21(18,19)11-3-4-11)10-5-8-17(9-10)12-13(20-2)15-7-6-14-12/h6-7,10-11H,3-5,8-9H2,1-2H3/t10-/m1/s1. The Morgan fingerprint density at radius 1 is 1.29 bits per heavy atom. The first-order valence-electron chi connectivity index (χ1n) is 7.11. The van der Waals surface area contributed by atoms with Crippen LogP contribution in [0.3, 0.4) is 0 Å². The molecule has 0 aromatic carbocycles. The Hall–Kier alpha value is -1.41. The highest BCUT2D eigenvalue weighted by molar-refractivity contribution is 7.90. The quantitative estimate of drug-likeness (QED) is 0.787. The van der Waals surface area contributed by atoms with Gasteiger partial charge in [-0.3, -0.25) is 0 Å². The van der Waals surface area contributed by atoms with E-state index in [2.05, 4.69) is 9.97 Å². The molecule has 1 aromatic heterocycles. The van der Waals surface area contributed by atoms with Crippen LogP contribution in [0.2, 0.25) is 0 Å². The summed E-state index contributed by atoms with van der Waals surface area (Å²) in [6.07, 6.45) is 5.58. The van der Waals surface area contributed by atoms with Gasteiger partial charge in [-0.1, -0.05) is 0 Å². The van der Waals surface area contributed by atoms with Crippen molar-refractivity contribution >= 4 is 15.8 Å². The third-order valence-corrected chi connectivity index (χ3v) is 6.58. The zero-order valence-electron chi connectivity index (χ0n) is 12.3. The Bertz CT molecular complexity index is 618. The Kier molecular flexibility index (Phi) is 3.75. The molecule has 8 heteroatoms. The van der Waals surface area contributed by atoms with E-state index in [4.69, 9.17) is 4.74 Å². The Morgan fingerprint density at radius 3 is 2.67 bits per heavy atom. The molecule has 2 heterocycles. The summed E-state index contributed by atoms with van der Waals surface area (Å²) in [5.41, 5.74) is 0. The van der Waals surface area contributed by atoms with Crippen LogP contribution in [0.5, 0.6) is 5.88 Å². The molecule has 0 N–H and O–H groups in total. The number of methoxy groups -OCH3 is 1. The van der Waals surface area contributed by atoms with Crippen molar-refractivity contribution in [2.75, 3.05) is 32.1 Å². The number of sulfonamides is 1. The first-order chi connectivity index (χ1) is 10.0. The minimum atomic E-state index is -3.13.